The quantitative estimate of drug-likeness (QED) is 0.149. The molecule has 2 fully saturated rings. The molecule has 0 aliphatic carbocycles. The molecule has 6 heterocycles. The van der Waals surface area contributed by atoms with Crippen molar-refractivity contribution in [2.45, 2.75) is 64.5 Å². The van der Waals surface area contributed by atoms with Crippen LogP contribution in [0.3, 0.4) is 0 Å². The summed E-state index contributed by atoms with van der Waals surface area (Å²) in [7, 11) is 0. The van der Waals surface area contributed by atoms with Gasteiger partial charge in [-0.2, -0.15) is 20.2 Å². The minimum atomic E-state index is -0.541. The number of benzene rings is 4. The molecule has 10 nitrogen and oxygen atoms in total. The smallest absolute Gasteiger partial charge is 0.252 e. The highest BCUT2D eigenvalue weighted by Gasteiger charge is 2.27. The maximum atomic E-state index is 15.0. The highest BCUT2D eigenvalue weighted by molar-refractivity contribution is 6.30. The highest BCUT2D eigenvalue weighted by atomic mass is 35.5. The molecule has 2 saturated heterocycles. The van der Waals surface area contributed by atoms with Crippen LogP contribution < -0.4 is 0 Å². The van der Waals surface area contributed by atoms with Crippen molar-refractivity contribution in [1.82, 2.24) is 49.0 Å². The van der Waals surface area contributed by atoms with Crippen LogP contribution in [0.15, 0.2) is 116 Å². The van der Waals surface area contributed by atoms with Gasteiger partial charge in [-0.3, -0.25) is 9.80 Å². The van der Waals surface area contributed by atoms with Crippen LogP contribution in [0.1, 0.15) is 71.4 Å². The number of hydrogen-bond donors (Lipinski definition) is 0. The van der Waals surface area contributed by atoms with Gasteiger partial charge < -0.3 is 0 Å². The number of hydrogen-bond acceptors (Lipinski definition) is 8. The van der Waals surface area contributed by atoms with Crippen molar-refractivity contribution in [1.29, 1.82) is 0 Å². The fourth-order valence-corrected chi connectivity index (χ4v) is 9.07. The molecular weight excluding hydrogens is 790 g/mol. The zero-order valence-corrected chi connectivity index (χ0v) is 35.1. The van der Waals surface area contributed by atoms with Crippen LogP contribution in [0, 0.1) is 25.5 Å². The molecule has 8 aromatic rings. The number of halogens is 3. The molecule has 310 valence electrons. The lowest BCUT2D eigenvalue weighted by Gasteiger charge is -2.33. The second-order valence-electron chi connectivity index (χ2n) is 16.2. The Morgan fingerprint density at radius 3 is 1.70 bits per heavy atom. The van der Waals surface area contributed by atoms with Gasteiger partial charge in [0, 0.05) is 60.0 Å². The Bertz CT molecular complexity index is 2750. The lowest BCUT2D eigenvalue weighted by Crippen LogP contribution is -2.35. The Hall–Kier alpha value is -5.95. The second-order valence-corrected chi connectivity index (χ2v) is 16.7. The molecule has 2 unspecified atom stereocenters. The summed E-state index contributed by atoms with van der Waals surface area (Å²) in [5.41, 5.74) is 9.30. The van der Waals surface area contributed by atoms with Gasteiger partial charge in [-0.1, -0.05) is 78.3 Å². The molecule has 13 heteroatoms. The molecule has 0 radical (unpaired) electrons. The largest absolute Gasteiger partial charge is 0.298 e. The maximum Gasteiger partial charge on any atom is 0.252 e. The van der Waals surface area contributed by atoms with Gasteiger partial charge in [0.25, 0.3) is 11.6 Å². The molecule has 4 aromatic carbocycles. The fourth-order valence-electron chi connectivity index (χ4n) is 8.88. The first kappa shape index (κ1) is 40.5. The summed E-state index contributed by atoms with van der Waals surface area (Å²) in [6, 6.07) is 33.5. The van der Waals surface area contributed by atoms with E-state index in [4.69, 9.17) is 11.6 Å². The van der Waals surface area contributed by atoms with E-state index in [1.54, 1.807) is 35.1 Å². The van der Waals surface area contributed by atoms with E-state index < -0.39 is 11.6 Å². The van der Waals surface area contributed by atoms with Crippen LogP contribution in [0.2, 0.25) is 5.02 Å². The van der Waals surface area contributed by atoms with Gasteiger partial charge in [-0.15, -0.1) is 0 Å². The van der Waals surface area contributed by atoms with Crippen molar-refractivity contribution < 1.29 is 8.78 Å². The van der Waals surface area contributed by atoms with Crippen molar-refractivity contribution in [2.75, 3.05) is 26.2 Å². The maximum absolute atomic E-state index is 15.0. The van der Waals surface area contributed by atoms with E-state index in [0.717, 1.165) is 56.1 Å². The molecule has 0 saturated carbocycles. The van der Waals surface area contributed by atoms with Gasteiger partial charge >= 0.3 is 0 Å². The van der Waals surface area contributed by atoms with Crippen LogP contribution >= 0.6 is 11.6 Å². The number of aryl methyl sites for hydroxylation is 2. The van der Waals surface area contributed by atoms with Crippen LogP contribution in [0.5, 0.6) is 0 Å². The van der Waals surface area contributed by atoms with Crippen molar-refractivity contribution >= 4 is 23.2 Å². The van der Waals surface area contributed by atoms with E-state index in [-0.39, 0.29) is 18.0 Å². The molecule has 0 spiro atoms. The number of piperidine rings is 2. The standard InChI is InChI=1S/C24H22ClF2N5.C24H25N5/c1-15-8-23(32-24(30-15)28-14-29-32)17-5-3-7-31(12-17)13-20-21(26)10-18(11-22(20)27)16-4-2-6-19(25)9-16;1-18-14-23(29-24(27-18)25-17-26-29)22-8-5-13-28(16-22)15-19-9-11-21(12-10-19)20-6-3-2-4-7-20/h2,4,6,8-11,14,17H,3,5,7,12-13H2,1H3;2-4,6-7,9-12,14,17,22H,5,8,13,15-16H2,1H3. The van der Waals surface area contributed by atoms with Crippen LogP contribution in [-0.4, -0.2) is 75.1 Å². The minimum absolute atomic E-state index is 0.0910. The molecule has 4 aromatic heterocycles. The van der Waals surface area contributed by atoms with E-state index in [1.165, 1.54) is 53.7 Å². The van der Waals surface area contributed by atoms with Crippen molar-refractivity contribution in [2.24, 2.45) is 0 Å². The first-order valence-corrected chi connectivity index (χ1v) is 21.3. The second kappa shape index (κ2) is 18.0. The molecule has 2 aliphatic heterocycles. The summed E-state index contributed by atoms with van der Waals surface area (Å²) in [5, 5.41) is 9.25. The Morgan fingerprint density at radius 2 is 1.13 bits per heavy atom. The summed E-state index contributed by atoms with van der Waals surface area (Å²) < 4.78 is 33.6. The summed E-state index contributed by atoms with van der Waals surface area (Å²) in [4.78, 5) is 22.0. The lowest BCUT2D eigenvalue weighted by molar-refractivity contribution is 0.193. The van der Waals surface area contributed by atoms with Crippen LogP contribution in [0.25, 0.3) is 33.8 Å². The average Bonchev–Trinajstić information content (AvgIpc) is 3.95. The van der Waals surface area contributed by atoms with Crippen LogP contribution in [0.4, 0.5) is 8.78 Å². The average molecular weight is 837 g/mol. The summed E-state index contributed by atoms with van der Waals surface area (Å²) in [6.45, 7) is 8.83. The third kappa shape index (κ3) is 9.22. The Morgan fingerprint density at radius 1 is 0.590 bits per heavy atom. The number of nitrogens with zero attached hydrogens (tertiary/aromatic N) is 10. The number of fused-ring (bicyclic) bond motifs is 2. The molecule has 2 atom stereocenters. The van der Waals surface area contributed by atoms with E-state index in [0.29, 0.717) is 40.2 Å². The van der Waals surface area contributed by atoms with Gasteiger partial charge in [-0.25, -0.2) is 27.8 Å². The first-order chi connectivity index (χ1) is 29.7. The summed E-state index contributed by atoms with van der Waals surface area (Å²) >= 11 is 6.03. The zero-order chi connectivity index (χ0) is 41.9. The van der Waals surface area contributed by atoms with Gasteiger partial charge in [0.1, 0.15) is 24.3 Å². The van der Waals surface area contributed by atoms with E-state index in [9.17, 15) is 8.78 Å². The zero-order valence-electron chi connectivity index (χ0n) is 34.3. The predicted molar refractivity (Wildman–Crippen MR) is 234 cm³/mol. The van der Waals surface area contributed by atoms with Crippen LogP contribution in [-0.2, 0) is 13.1 Å². The molecule has 0 bridgehead atoms. The van der Waals surface area contributed by atoms with Gasteiger partial charge in [-0.05, 0) is 117 Å². The molecule has 61 heavy (non-hydrogen) atoms. The Kier molecular flexibility index (Phi) is 11.9. The van der Waals surface area contributed by atoms with Gasteiger partial charge in [0.2, 0.25) is 0 Å². The number of likely N-dealkylation sites (tertiary alicyclic amines) is 2. The molecular formula is C48H47ClF2N10. The molecule has 10 rings (SSSR count). The normalized spacial score (nSPS) is 17.4. The van der Waals surface area contributed by atoms with Crippen molar-refractivity contribution in [3.05, 3.63) is 166 Å². The molecule has 0 N–H and O–H groups in total. The third-order valence-corrected chi connectivity index (χ3v) is 12.0. The van der Waals surface area contributed by atoms with E-state index in [1.807, 2.05) is 24.4 Å². The Labute approximate surface area is 358 Å². The summed E-state index contributed by atoms with van der Waals surface area (Å²) in [5.74, 6) is 0.838. The Balaban J connectivity index is 0.000000157. The lowest BCUT2D eigenvalue weighted by atomic mass is 9.93. The minimum Gasteiger partial charge on any atom is -0.298 e. The SMILES string of the molecule is Cc1cc(C2CCCN(Cc3c(F)cc(-c4cccc(Cl)c4)cc3F)C2)n2ncnc2n1.Cc1cc(C2CCCN(Cc3ccc(-c4ccccc4)cc3)C2)n2ncnc2n1. The van der Waals surface area contributed by atoms with E-state index in [2.05, 4.69) is 101 Å². The van der Waals surface area contributed by atoms with Crippen molar-refractivity contribution in [3.63, 3.8) is 0 Å². The molecule has 2 aliphatic rings. The van der Waals surface area contributed by atoms with Gasteiger partial charge in [0.15, 0.2) is 0 Å². The number of aromatic nitrogens is 8. The highest BCUT2D eigenvalue weighted by Crippen LogP contribution is 2.32. The predicted octanol–water partition coefficient (Wildman–Crippen LogP) is 9.89. The monoisotopic (exact) mass is 836 g/mol. The topological polar surface area (TPSA) is 92.6 Å². The number of rotatable bonds is 8. The van der Waals surface area contributed by atoms with Crippen molar-refractivity contribution in [3.8, 4) is 22.3 Å². The third-order valence-electron chi connectivity index (χ3n) is 11.8. The summed E-state index contributed by atoms with van der Waals surface area (Å²) in [6.07, 6.45) is 7.39. The van der Waals surface area contributed by atoms with E-state index >= 15 is 0 Å². The molecule has 0 amide bonds. The van der Waals surface area contributed by atoms with Gasteiger partial charge in [0.05, 0.1) is 11.4 Å². The first-order valence-electron chi connectivity index (χ1n) is 20.9. The fraction of sp³-hybridized carbons (Fsp3) is 0.292.